The molecule has 2 aromatic rings. The molecule has 64 valence electrons. The van der Waals surface area contributed by atoms with E-state index in [2.05, 4.69) is 4.98 Å². The van der Waals surface area contributed by atoms with Crippen molar-refractivity contribution < 1.29 is 4.11 Å². The second-order valence-corrected chi connectivity index (χ2v) is 2.76. The van der Waals surface area contributed by atoms with Crippen molar-refractivity contribution in [1.29, 1.82) is 0 Å². The van der Waals surface area contributed by atoms with Crippen LogP contribution in [0.3, 0.4) is 0 Å². The molecule has 1 aromatic carbocycles. The Balaban J connectivity index is 2.58. The summed E-state index contributed by atoms with van der Waals surface area (Å²) in [4.78, 5) is 4.17. The van der Waals surface area contributed by atoms with E-state index in [4.69, 9.17) is 4.11 Å². The number of hydrogen-bond donors (Lipinski definition) is 0. The highest BCUT2D eigenvalue weighted by molar-refractivity contribution is 5.62. The first kappa shape index (κ1) is 5.18. The molecule has 1 heterocycles. The van der Waals surface area contributed by atoms with E-state index < -0.39 is 6.85 Å². The molecule has 0 aliphatic rings. The van der Waals surface area contributed by atoms with Gasteiger partial charge in [0.15, 0.2) is 0 Å². The largest absolute Gasteiger partial charge is 0.256 e. The highest BCUT2D eigenvalue weighted by Gasteiger charge is 1.99. The molecule has 0 spiro atoms. The fraction of sp³-hybridized carbons (Fsp3) is 0.0833. The van der Waals surface area contributed by atoms with Gasteiger partial charge in [-0.3, -0.25) is 4.98 Å². The lowest BCUT2D eigenvalue weighted by molar-refractivity contribution is 1.31. The van der Waals surface area contributed by atoms with Gasteiger partial charge in [-0.2, -0.15) is 0 Å². The molecule has 1 heteroatoms. The van der Waals surface area contributed by atoms with Crippen molar-refractivity contribution in [3.8, 4) is 11.3 Å². The van der Waals surface area contributed by atoms with Crippen LogP contribution in [0.25, 0.3) is 11.3 Å². The Morgan fingerprint density at radius 1 is 1.08 bits per heavy atom. The highest BCUT2D eigenvalue weighted by atomic mass is 14.7. The molecule has 0 N–H and O–H groups in total. The topological polar surface area (TPSA) is 12.9 Å². The summed E-state index contributed by atoms with van der Waals surface area (Å²) >= 11 is 0. The van der Waals surface area contributed by atoms with Crippen molar-refractivity contribution >= 4 is 0 Å². The van der Waals surface area contributed by atoms with E-state index in [1.807, 2.05) is 18.2 Å². The molecule has 0 radical (unpaired) electrons. The number of aromatic nitrogens is 1. The number of benzene rings is 1. The number of nitrogens with zero attached hydrogens (tertiary/aromatic N) is 1. The predicted molar refractivity (Wildman–Crippen MR) is 54.4 cm³/mol. The second kappa shape index (κ2) is 3.40. The van der Waals surface area contributed by atoms with Gasteiger partial charge in [0.1, 0.15) is 0 Å². The van der Waals surface area contributed by atoms with Crippen LogP contribution in [0.1, 0.15) is 9.68 Å². The summed E-state index contributed by atoms with van der Waals surface area (Å²) < 4.78 is 22.4. The van der Waals surface area contributed by atoms with Crippen LogP contribution < -0.4 is 0 Å². The minimum Gasteiger partial charge on any atom is -0.256 e. The number of pyridine rings is 1. The lowest BCUT2D eigenvalue weighted by Crippen LogP contribution is -1.84. The predicted octanol–water partition coefficient (Wildman–Crippen LogP) is 3.06. The third-order valence-electron chi connectivity index (χ3n) is 1.87. The van der Waals surface area contributed by atoms with Crippen LogP contribution in [0, 0.1) is 6.85 Å². The molecule has 13 heavy (non-hydrogen) atoms. The summed E-state index contributed by atoms with van der Waals surface area (Å²) in [5.41, 5.74) is 1.70. The Morgan fingerprint density at radius 2 is 1.92 bits per heavy atom. The van der Waals surface area contributed by atoms with Crippen molar-refractivity contribution in [2.24, 2.45) is 0 Å². The zero-order valence-electron chi connectivity index (χ0n) is 10.1. The maximum atomic E-state index is 7.47. The Hall–Kier alpha value is -1.63. The van der Waals surface area contributed by atoms with Gasteiger partial charge < -0.3 is 0 Å². The van der Waals surface area contributed by atoms with E-state index in [0.29, 0.717) is 16.8 Å². The Kier molecular flexibility index (Phi) is 1.35. The van der Waals surface area contributed by atoms with Gasteiger partial charge in [-0.1, -0.05) is 30.3 Å². The lowest BCUT2D eigenvalue weighted by Gasteiger charge is -2.03. The smallest absolute Gasteiger partial charge is 0.0704 e. The van der Waals surface area contributed by atoms with Crippen LogP contribution in [0.5, 0.6) is 0 Å². The van der Waals surface area contributed by atoms with Gasteiger partial charge in [0.25, 0.3) is 0 Å². The Bertz CT molecular complexity index is 477. The number of rotatable bonds is 1. The maximum Gasteiger partial charge on any atom is 0.0704 e. The van der Waals surface area contributed by atoms with E-state index in [0.717, 1.165) is 0 Å². The van der Waals surface area contributed by atoms with Gasteiger partial charge in [-0.05, 0) is 24.5 Å². The van der Waals surface area contributed by atoms with Gasteiger partial charge in [-0.15, -0.1) is 0 Å². The van der Waals surface area contributed by atoms with Gasteiger partial charge in [0.2, 0.25) is 0 Å². The van der Waals surface area contributed by atoms with Crippen LogP contribution in [0.2, 0.25) is 0 Å². The molecule has 0 atom stereocenters. The molecule has 2 rings (SSSR count). The number of aryl methyl sites for hydroxylation is 1. The molecule has 1 aromatic heterocycles. The van der Waals surface area contributed by atoms with Crippen LogP contribution in [-0.2, 0) is 0 Å². The molecule has 0 saturated carbocycles. The van der Waals surface area contributed by atoms with Crippen LogP contribution in [-0.4, -0.2) is 4.98 Å². The van der Waals surface area contributed by atoms with Crippen molar-refractivity contribution in [2.75, 3.05) is 0 Å². The zero-order valence-corrected chi connectivity index (χ0v) is 7.07. The Morgan fingerprint density at radius 3 is 2.69 bits per heavy atom. The quantitative estimate of drug-likeness (QED) is 0.644. The molecule has 1 nitrogen and oxygen atoms in total. The molecular formula is C12H11N. The number of hydrogen-bond acceptors (Lipinski definition) is 1. The summed E-state index contributed by atoms with van der Waals surface area (Å²) in [5, 5.41) is 0. The summed E-state index contributed by atoms with van der Waals surface area (Å²) in [6, 6.07) is 12.4. The maximum absolute atomic E-state index is 7.47. The summed E-state index contributed by atoms with van der Waals surface area (Å²) in [6.45, 7) is -2.10. The van der Waals surface area contributed by atoms with Crippen LogP contribution in [0.4, 0.5) is 0 Å². The molecule has 0 unspecified atom stereocenters. The molecule has 0 saturated heterocycles. The second-order valence-electron chi connectivity index (χ2n) is 2.76. The van der Waals surface area contributed by atoms with Gasteiger partial charge in [0.05, 0.1) is 5.69 Å². The van der Waals surface area contributed by atoms with E-state index in [1.165, 1.54) is 0 Å². The SMILES string of the molecule is [2H]C([2H])([2H])c1ccccc1-c1ccccn1. The minimum atomic E-state index is -2.10. The van der Waals surface area contributed by atoms with Crippen molar-refractivity contribution in [2.45, 2.75) is 6.85 Å². The van der Waals surface area contributed by atoms with E-state index in [1.54, 1.807) is 30.5 Å². The van der Waals surface area contributed by atoms with Crippen LogP contribution >= 0.6 is 0 Å². The zero-order chi connectivity index (χ0) is 11.6. The molecule has 0 amide bonds. The average Bonchev–Trinajstić information content (AvgIpc) is 2.29. The van der Waals surface area contributed by atoms with Gasteiger partial charge in [0, 0.05) is 15.9 Å². The minimum absolute atomic E-state index is 0.341. The summed E-state index contributed by atoms with van der Waals surface area (Å²) in [6.07, 6.45) is 1.66. The van der Waals surface area contributed by atoms with Crippen molar-refractivity contribution in [3.63, 3.8) is 0 Å². The molecule has 0 bridgehead atoms. The fourth-order valence-electron chi connectivity index (χ4n) is 1.23. The standard InChI is InChI=1S/C12H11N/c1-10-6-2-3-7-11(10)12-8-4-5-9-13-12/h2-9H,1H3/i1D3. The van der Waals surface area contributed by atoms with Crippen LogP contribution in [0.15, 0.2) is 48.7 Å². The average molecular weight is 172 g/mol. The molecule has 0 fully saturated rings. The van der Waals surface area contributed by atoms with Gasteiger partial charge >= 0.3 is 0 Å². The lowest BCUT2D eigenvalue weighted by atomic mass is 10.1. The fourth-order valence-corrected chi connectivity index (χ4v) is 1.23. The Labute approximate surface area is 82.3 Å². The van der Waals surface area contributed by atoms with E-state index in [-0.39, 0.29) is 0 Å². The summed E-state index contributed by atoms with van der Waals surface area (Å²) in [5.74, 6) is 0. The molecule has 0 aliphatic carbocycles. The molecular weight excluding hydrogens is 158 g/mol. The first-order chi connectivity index (χ1) is 7.59. The van der Waals surface area contributed by atoms with E-state index >= 15 is 0 Å². The first-order valence-corrected chi connectivity index (χ1v) is 4.10. The molecule has 0 aliphatic heterocycles. The highest BCUT2D eigenvalue weighted by Crippen LogP contribution is 2.19. The first-order valence-electron chi connectivity index (χ1n) is 5.60. The third-order valence-corrected chi connectivity index (χ3v) is 1.87. The van der Waals surface area contributed by atoms with Crippen molar-refractivity contribution in [3.05, 3.63) is 54.2 Å². The summed E-state index contributed by atoms with van der Waals surface area (Å²) in [7, 11) is 0. The normalized spacial score (nSPS) is 14.3. The van der Waals surface area contributed by atoms with Gasteiger partial charge in [-0.25, -0.2) is 0 Å². The monoisotopic (exact) mass is 172 g/mol. The third kappa shape index (κ3) is 1.59. The van der Waals surface area contributed by atoms with E-state index in [9.17, 15) is 0 Å². The van der Waals surface area contributed by atoms with Crippen molar-refractivity contribution in [1.82, 2.24) is 4.98 Å².